The third kappa shape index (κ3) is 4.73. The first kappa shape index (κ1) is 16.8. The molecule has 1 aromatic rings. The van der Waals surface area contributed by atoms with Crippen molar-refractivity contribution in [3.05, 3.63) is 18.0 Å². The lowest BCUT2D eigenvalue weighted by Gasteiger charge is -2.40. The first-order valence-electron chi connectivity index (χ1n) is 7.96. The van der Waals surface area contributed by atoms with E-state index in [1.165, 1.54) is 6.42 Å². The molecule has 6 heteroatoms. The van der Waals surface area contributed by atoms with Gasteiger partial charge in [-0.1, -0.05) is 25.9 Å². The molecule has 0 bridgehead atoms. The molecule has 1 fully saturated rings. The summed E-state index contributed by atoms with van der Waals surface area (Å²) < 4.78 is 10.8. The smallest absolute Gasteiger partial charge is 0.191 e. The van der Waals surface area contributed by atoms with E-state index in [0.717, 1.165) is 31.2 Å². The first-order valence-corrected chi connectivity index (χ1v) is 7.96. The number of aliphatic imine (C=N–C) groups is 1. The maximum Gasteiger partial charge on any atom is 0.191 e. The van der Waals surface area contributed by atoms with Crippen LogP contribution in [0, 0.1) is 11.3 Å². The SMILES string of the molecule is CN=C(NCc1ccon1)NCC1CCCOC1C(C)(C)C. The molecule has 1 saturated heterocycles. The van der Waals surface area contributed by atoms with Crippen LogP contribution in [0.2, 0.25) is 0 Å². The fourth-order valence-electron chi connectivity index (χ4n) is 2.96. The zero-order valence-corrected chi connectivity index (χ0v) is 14.1. The Kier molecular flexibility index (Phi) is 5.83. The van der Waals surface area contributed by atoms with Crippen LogP contribution in [0.4, 0.5) is 0 Å². The van der Waals surface area contributed by atoms with Crippen molar-refractivity contribution in [1.82, 2.24) is 15.8 Å². The van der Waals surface area contributed by atoms with E-state index < -0.39 is 0 Å². The molecule has 0 radical (unpaired) electrons. The van der Waals surface area contributed by atoms with Crippen molar-refractivity contribution in [2.45, 2.75) is 46.3 Å². The molecule has 1 aliphatic rings. The Morgan fingerprint density at radius 1 is 1.41 bits per heavy atom. The van der Waals surface area contributed by atoms with Crippen LogP contribution >= 0.6 is 0 Å². The molecule has 2 N–H and O–H groups in total. The van der Waals surface area contributed by atoms with E-state index in [4.69, 9.17) is 9.26 Å². The van der Waals surface area contributed by atoms with Crippen molar-refractivity contribution in [2.75, 3.05) is 20.2 Å². The number of aromatic nitrogens is 1. The van der Waals surface area contributed by atoms with Gasteiger partial charge in [0.05, 0.1) is 12.6 Å². The van der Waals surface area contributed by atoms with Gasteiger partial charge in [-0.3, -0.25) is 4.99 Å². The summed E-state index contributed by atoms with van der Waals surface area (Å²) in [7, 11) is 1.77. The Hall–Kier alpha value is -1.56. The first-order chi connectivity index (χ1) is 10.5. The Bertz CT molecular complexity index is 465. The summed E-state index contributed by atoms with van der Waals surface area (Å²) in [6.45, 7) is 9.06. The van der Waals surface area contributed by atoms with Gasteiger partial charge in [-0.05, 0) is 18.3 Å². The van der Waals surface area contributed by atoms with Crippen LogP contribution in [-0.2, 0) is 11.3 Å². The average molecular weight is 308 g/mol. The van der Waals surface area contributed by atoms with E-state index in [1.807, 2.05) is 6.07 Å². The molecule has 2 atom stereocenters. The molecule has 2 unspecified atom stereocenters. The molecule has 0 spiro atoms. The van der Waals surface area contributed by atoms with E-state index >= 15 is 0 Å². The molecule has 0 aromatic carbocycles. The molecule has 6 nitrogen and oxygen atoms in total. The molecule has 124 valence electrons. The van der Waals surface area contributed by atoms with Crippen LogP contribution in [0.3, 0.4) is 0 Å². The second-order valence-electron chi connectivity index (χ2n) is 6.86. The van der Waals surface area contributed by atoms with E-state index in [1.54, 1.807) is 13.3 Å². The van der Waals surface area contributed by atoms with Gasteiger partial charge < -0.3 is 19.9 Å². The Morgan fingerprint density at radius 2 is 2.23 bits per heavy atom. The molecule has 0 saturated carbocycles. The van der Waals surface area contributed by atoms with Gasteiger partial charge in [-0.15, -0.1) is 0 Å². The lowest BCUT2D eigenvalue weighted by Crippen LogP contribution is -2.47. The molecule has 2 heterocycles. The monoisotopic (exact) mass is 308 g/mol. The zero-order valence-electron chi connectivity index (χ0n) is 14.1. The average Bonchev–Trinajstić information content (AvgIpc) is 3.00. The number of ether oxygens (including phenoxy) is 1. The van der Waals surface area contributed by atoms with Crippen LogP contribution in [0.5, 0.6) is 0 Å². The second kappa shape index (κ2) is 7.63. The van der Waals surface area contributed by atoms with Crippen molar-refractivity contribution in [2.24, 2.45) is 16.3 Å². The van der Waals surface area contributed by atoms with Crippen LogP contribution in [0.15, 0.2) is 21.8 Å². The Labute approximate surface area is 132 Å². The van der Waals surface area contributed by atoms with Gasteiger partial charge >= 0.3 is 0 Å². The van der Waals surface area contributed by atoms with E-state index in [2.05, 4.69) is 41.6 Å². The number of nitrogens with zero attached hydrogens (tertiary/aromatic N) is 2. The quantitative estimate of drug-likeness (QED) is 0.659. The van der Waals surface area contributed by atoms with Gasteiger partial charge in [0.2, 0.25) is 0 Å². The predicted octanol–water partition coefficient (Wildman–Crippen LogP) is 2.18. The minimum Gasteiger partial charge on any atom is -0.377 e. The summed E-state index contributed by atoms with van der Waals surface area (Å²) in [5.41, 5.74) is 1.02. The molecule has 0 amide bonds. The molecular weight excluding hydrogens is 280 g/mol. The van der Waals surface area contributed by atoms with E-state index in [-0.39, 0.29) is 11.5 Å². The molecule has 1 aromatic heterocycles. The lowest BCUT2D eigenvalue weighted by molar-refractivity contribution is -0.0835. The van der Waals surface area contributed by atoms with Crippen molar-refractivity contribution in [3.8, 4) is 0 Å². The normalized spacial score (nSPS) is 23.4. The summed E-state index contributed by atoms with van der Waals surface area (Å²) >= 11 is 0. The number of rotatable bonds is 4. The van der Waals surface area contributed by atoms with Crippen LogP contribution < -0.4 is 10.6 Å². The van der Waals surface area contributed by atoms with Gasteiger partial charge in [0, 0.05) is 32.2 Å². The summed E-state index contributed by atoms with van der Waals surface area (Å²) in [5.74, 6) is 1.28. The molecule has 2 rings (SSSR count). The van der Waals surface area contributed by atoms with Crippen molar-refractivity contribution < 1.29 is 9.26 Å². The van der Waals surface area contributed by atoms with E-state index in [0.29, 0.717) is 12.5 Å². The number of hydrogen-bond donors (Lipinski definition) is 2. The van der Waals surface area contributed by atoms with Crippen LogP contribution in [0.1, 0.15) is 39.3 Å². The van der Waals surface area contributed by atoms with Gasteiger partial charge in [0.25, 0.3) is 0 Å². The van der Waals surface area contributed by atoms with Gasteiger partial charge in [0.1, 0.15) is 12.0 Å². The molecule has 22 heavy (non-hydrogen) atoms. The van der Waals surface area contributed by atoms with Crippen molar-refractivity contribution in [3.63, 3.8) is 0 Å². The molecule has 0 aliphatic carbocycles. The number of nitrogens with one attached hydrogen (secondary N) is 2. The highest BCUT2D eigenvalue weighted by Gasteiger charge is 2.35. The number of guanidine groups is 1. The minimum absolute atomic E-state index is 0.157. The fourth-order valence-corrected chi connectivity index (χ4v) is 2.96. The van der Waals surface area contributed by atoms with Gasteiger partial charge in [-0.25, -0.2) is 0 Å². The summed E-state index contributed by atoms with van der Waals surface area (Å²) in [6, 6.07) is 1.84. The van der Waals surface area contributed by atoms with Gasteiger partial charge in [0.15, 0.2) is 5.96 Å². The third-order valence-corrected chi connectivity index (χ3v) is 3.98. The highest BCUT2D eigenvalue weighted by atomic mass is 16.5. The minimum atomic E-state index is 0.157. The summed E-state index contributed by atoms with van der Waals surface area (Å²) in [5, 5.41) is 10.5. The van der Waals surface area contributed by atoms with Crippen LogP contribution in [0.25, 0.3) is 0 Å². The molecular formula is C16H28N4O2. The maximum atomic E-state index is 6.02. The second-order valence-corrected chi connectivity index (χ2v) is 6.86. The Morgan fingerprint density at radius 3 is 2.86 bits per heavy atom. The summed E-state index contributed by atoms with van der Waals surface area (Å²) in [4.78, 5) is 4.25. The van der Waals surface area contributed by atoms with E-state index in [9.17, 15) is 0 Å². The maximum absolute atomic E-state index is 6.02. The van der Waals surface area contributed by atoms with Crippen molar-refractivity contribution in [1.29, 1.82) is 0 Å². The topological polar surface area (TPSA) is 71.7 Å². The predicted molar refractivity (Wildman–Crippen MR) is 86.6 cm³/mol. The lowest BCUT2D eigenvalue weighted by atomic mass is 9.78. The Balaban J connectivity index is 1.83. The standard InChI is InChI=1S/C16H28N4O2/c1-16(2,3)14-12(6-5-8-21-14)10-18-15(17-4)19-11-13-7-9-22-20-13/h7,9,12,14H,5-6,8,10-11H2,1-4H3,(H2,17,18,19). The summed E-state index contributed by atoms with van der Waals surface area (Å²) in [6.07, 6.45) is 4.17. The van der Waals surface area contributed by atoms with Gasteiger partial charge in [-0.2, -0.15) is 0 Å². The van der Waals surface area contributed by atoms with Crippen molar-refractivity contribution >= 4 is 5.96 Å². The fraction of sp³-hybridized carbons (Fsp3) is 0.750. The molecule has 1 aliphatic heterocycles. The third-order valence-electron chi connectivity index (χ3n) is 3.98. The van der Waals surface area contributed by atoms with Crippen LogP contribution in [-0.4, -0.2) is 37.4 Å². The highest BCUT2D eigenvalue weighted by molar-refractivity contribution is 5.79. The number of hydrogen-bond acceptors (Lipinski definition) is 4. The largest absolute Gasteiger partial charge is 0.377 e. The highest BCUT2D eigenvalue weighted by Crippen LogP contribution is 2.33. The zero-order chi connectivity index (χ0) is 16.0.